The SMILES string of the molecule is CCC(=Nc1ccc(F)cc1)c1c(O)n(-c2ccc(C)cc2)c(=O)[nH]c1=O. The Labute approximate surface area is 154 Å². The molecule has 0 atom stereocenters. The molecule has 1 heterocycles. The van der Waals surface area contributed by atoms with Crippen LogP contribution >= 0.6 is 0 Å². The van der Waals surface area contributed by atoms with Gasteiger partial charge in [0.25, 0.3) is 5.56 Å². The number of aromatic amines is 1. The zero-order valence-electron chi connectivity index (χ0n) is 14.9. The third kappa shape index (κ3) is 3.72. The Balaban J connectivity index is 2.21. The highest BCUT2D eigenvalue weighted by Gasteiger charge is 2.19. The van der Waals surface area contributed by atoms with Crippen molar-refractivity contribution >= 4 is 11.4 Å². The summed E-state index contributed by atoms with van der Waals surface area (Å²) in [6, 6.07) is 12.4. The van der Waals surface area contributed by atoms with Crippen molar-refractivity contribution in [1.82, 2.24) is 9.55 Å². The number of rotatable bonds is 4. The number of halogens is 1. The third-order valence-electron chi connectivity index (χ3n) is 4.09. The summed E-state index contributed by atoms with van der Waals surface area (Å²) in [5.74, 6) is -0.893. The lowest BCUT2D eigenvalue weighted by atomic mass is 10.1. The fourth-order valence-corrected chi connectivity index (χ4v) is 2.70. The maximum Gasteiger partial charge on any atom is 0.335 e. The molecule has 3 aromatic rings. The summed E-state index contributed by atoms with van der Waals surface area (Å²) in [7, 11) is 0. The van der Waals surface area contributed by atoms with E-state index in [2.05, 4.69) is 9.98 Å². The van der Waals surface area contributed by atoms with Crippen LogP contribution in [-0.2, 0) is 0 Å². The van der Waals surface area contributed by atoms with Crippen molar-refractivity contribution < 1.29 is 9.50 Å². The molecule has 0 unspecified atom stereocenters. The first-order valence-electron chi connectivity index (χ1n) is 8.39. The number of aromatic hydroxyl groups is 1. The minimum atomic E-state index is -0.748. The van der Waals surface area contributed by atoms with Gasteiger partial charge in [-0.1, -0.05) is 24.6 Å². The molecule has 1 aromatic heterocycles. The lowest BCUT2D eigenvalue weighted by Crippen LogP contribution is -2.33. The summed E-state index contributed by atoms with van der Waals surface area (Å²) >= 11 is 0. The van der Waals surface area contributed by atoms with Crippen LogP contribution in [0.15, 0.2) is 63.1 Å². The van der Waals surface area contributed by atoms with Gasteiger partial charge in [-0.25, -0.2) is 13.8 Å². The zero-order chi connectivity index (χ0) is 19.6. The van der Waals surface area contributed by atoms with E-state index < -0.39 is 22.9 Å². The van der Waals surface area contributed by atoms with Crippen molar-refractivity contribution in [3.63, 3.8) is 0 Å². The molecule has 0 saturated heterocycles. The first-order valence-corrected chi connectivity index (χ1v) is 8.39. The van der Waals surface area contributed by atoms with E-state index in [4.69, 9.17) is 0 Å². The number of hydrogen-bond acceptors (Lipinski definition) is 4. The number of hydrogen-bond donors (Lipinski definition) is 2. The molecule has 0 aliphatic heterocycles. The average Bonchev–Trinajstić information content (AvgIpc) is 2.63. The van der Waals surface area contributed by atoms with Crippen LogP contribution in [-0.4, -0.2) is 20.4 Å². The van der Waals surface area contributed by atoms with Gasteiger partial charge < -0.3 is 5.11 Å². The molecule has 3 rings (SSSR count). The van der Waals surface area contributed by atoms with Gasteiger partial charge in [0.2, 0.25) is 5.88 Å². The van der Waals surface area contributed by atoms with Gasteiger partial charge in [0.05, 0.1) is 17.1 Å². The molecule has 2 N–H and O–H groups in total. The topological polar surface area (TPSA) is 87.4 Å². The lowest BCUT2D eigenvalue weighted by molar-refractivity contribution is 0.429. The van der Waals surface area contributed by atoms with Crippen LogP contribution < -0.4 is 11.2 Å². The summed E-state index contributed by atoms with van der Waals surface area (Å²) in [6.45, 7) is 3.66. The molecular weight excluding hydrogens is 349 g/mol. The summed E-state index contributed by atoms with van der Waals surface area (Å²) in [5.41, 5.74) is 0.537. The predicted molar refractivity (Wildman–Crippen MR) is 102 cm³/mol. The van der Waals surface area contributed by atoms with E-state index in [1.807, 2.05) is 6.92 Å². The summed E-state index contributed by atoms with van der Waals surface area (Å²) in [4.78, 5) is 31.2. The van der Waals surface area contributed by atoms with Gasteiger partial charge in [-0.3, -0.25) is 14.8 Å². The van der Waals surface area contributed by atoms with Gasteiger partial charge in [-0.15, -0.1) is 0 Å². The van der Waals surface area contributed by atoms with Crippen molar-refractivity contribution in [2.45, 2.75) is 20.3 Å². The van der Waals surface area contributed by atoms with Crippen molar-refractivity contribution in [3.8, 4) is 11.6 Å². The Bertz CT molecular complexity index is 1110. The van der Waals surface area contributed by atoms with E-state index in [9.17, 15) is 19.1 Å². The van der Waals surface area contributed by atoms with Crippen LogP contribution in [0.5, 0.6) is 5.88 Å². The number of aromatic nitrogens is 2. The minimum absolute atomic E-state index is 0.0954. The van der Waals surface area contributed by atoms with Crippen LogP contribution in [0.4, 0.5) is 10.1 Å². The van der Waals surface area contributed by atoms with Gasteiger partial charge in [0.15, 0.2) is 0 Å². The summed E-state index contributed by atoms with van der Waals surface area (Å²) in [6.07, 6.45) is 0.320. The Morgan fingerprint density at radius 2 is 1.74 bits per heavy atom. The largest absolute Gasteiger partial charge is 0.493 e. The monoisotopic (exact) mass is 367 g/mol. The van der Waals surface area contributed by atoms with E-state index in [0.29, 0.717) is 17.8 Å². The summed E-state index contributed by atoms with van der Waals surface area (Å²) < 4.78 is 14.1. The molecule has 2 aromatic carbocycles. The molecule has 138 valence electrons. The van der Waals surface area contributed by atoms with E-state index in [1.54, 1.807) is 31.2 Å². The van der Waals surface area contributed by atoms with Crippen LogP contribution in [0.1, 0.15) is 24.5 Å². The fraction of sp³-hybridized carbons (Fsp3) is 0.150. The van der Waals surface area contributed by atoms with Crippen molar-refractivity contribution in [2.24, 2.45) is 4.99 Å². The van der Waals surface area contributed by atoms with E-state index >= 15 is 0 Å². The quantitative estimate of drug-likeness (QED) is 0.694. The normalized spacial score (nSPS) is 11.6. The van der Waals surface area contributed by atoms with E-state index in [0.717, 1.165) is 10.1 Å². The van der Waals surface area contributed by atoms with Crippen molar-refractivity contribution in [2.75, 3.05) is 0 Å². The van der Waals surface area contributed by atoms with Gasteiger partial charge in [-0.05, 0) is 49.7 Å². The van der Waals surface area contributed by atoms with Gasteiger partial charge in [0.1, 0.15) is 11.4 Å². The van der Waals surface area contributed by atoms with Crippen LogP contribution in [0, 0.1) is 12.7 Å². The Hall–Kier alpha value is -3.48. The lowest BCUT2D eigenvalue weighted by Gasteiger charge is -2.12. The van der Waals surface area contributed by atoms with Gasteiger partial charge >= 0.3 is 5.69 Å². The second-order valence-corrected chi connectivity index (χ2v) is 6.02. The predicted octanol–water partition coefficient (Wildman–Crippen LogP) is 3.21. The minimum Gasteiger partial charge on any atom is -0.493 e. The molecule has 0 bridgehead atoms. The molecule has 0 aliphatic carbocycles. The summed E-state index contributed by atoms with van der Waals surface area (Å²) in [5, 5.41) is 10.7. The highest BCUT2D eigenvalue weighted by atomic mass is 19.1. The number of benzene rings is 2. The number of H-pyrrole nitrogens is 1. The Morgan fingerprint density at radius 3 is 2.33 bits per heavy atom. The van der Waals surface area contributed by atoms with E-state index in [-0.39, 0.29) is 11.3 Å². The molecule has 0 aliphatic rings. The molecule has 0 saturated carbocycles. The molecule has 0 spiro atoms. The molecule has 0 fully saturated rings. The number of aryl methyl sites for hydroxylation is 1. The fourth-order valence-electron chi connectivity index (χ4n) is 2.70. The Kier molecular flexibility index (Phi) is 5.03. The average molecular weight is 367 g/mol. The first kappa shape index (κ1) is 18.3. The van der Waals surface area contributed by atoms with Gasteiger partial charge in [0, 0.05) is 0 Å². The highest BCUT2D eigenvalue weighted by Crippen LogP contribution is 2.21. The molecule has 7 heteroatoms. The highest BCUT2D eigenvalue weighted by molar-refractivity contribution is 6.03. The number of nitrogens with one attached hydrogen (secondary N) is 1. The van der Waals surface area contributed by atoms with Crippen molar-refractivity contribution in [3.05, 3.63) is 86.3 Å². The Morgan fingerprint density at radius 1 is 1.11 bits per heavy atom. The first-order chi connectivity index (χ1) is 12.9. The third-order valence-corrected chi connectivity index (χ3v) is 4.09. The maximum absolute atomic E-state index is 13.1. The van der Waals surface area contributed by atoms with Crippen LogP contribution in [0.3, 0.4) is 0 Å². The van der Waals surface area contributed by atoms with Crippen LogP contribution in [0.25, 0.3) is 5.69 Å². The van der Waals surface area contributed by atoms with Gasteiger partial charge in [-0.2, -0.15) is 0 Å². The smallest absolute Gasteiger partial charge is 0.335 e. The second-order valence-electron chi connectivity index (χ2n) is 6.02. The zero-order valence-corrected chi connectivity index (χ0v) is 14.9. The van der Waals surface area contributed by atoms with E-state index in [1.165, 1.54) is 24.3 Å². The molecule has 6 nitrogen and oxygen atoms in total. The number of nitrogens with zero attached hydrogens (tertiary/aromatic N) is 2. The molecule has 0 amide bonds. The molecule has 27 heavy (non-hydrogen) atoms. The molecular formula is C20H18FN3O3. The second kappa shape index (κ2) is 7.41. The van der Waals surface area contributed by atoms with Crippen molar-refractivity contribution in [1.29, 1.82) is 0 Å². The van der Waals surface area contributed by atoms with Crippen LogP contribution in [0.2, 0.25) is 0 Å². The number of aliphatic imine (C=N–C) groups is 1. The molecule has 0 radical (unpaired) electrons. The maximum atomic E-state index is 13.1. The standard InChI is InChI=1S/C20H18FN3O3/c1-3-16(22-14-8-6-13(21)7-9-14)17-18(25)23-20(27)24(19(17)26)15-10-4-12(2)5-11-15/h4-11,26H,3H2,1-2H3,(H,23,25,27).